The summed E-state index contributed by atoms with van der Waals surface area (Å²) >= 11 is 0. The van der Waals surface area contributed by atoms with Crippen LogP contribution in [-0.2, 0) is 0 Å². The number of nitrogens with one attached hydrogen (secondary N) is 1. The lowest BCUT2D eigenvalue weighted by molar-refractivity contribution is 0.177. The van der Waals surface area contributed by atoms with Crippen molar-refractivity contribution in [1.29, 1.82) is 2.86 Å². The molecule has 0 bridgehead atoms. The highest BCUT2D eigenvalue weighted by Gasteiger charge is 2.05. The largest absolute Gasteiger partial charge is 0.508 e. The molecule has 0 aliphatic rings. The first-order chi connectivity index (χ1) is 9.19. The van der Waals surface area contributed by atoms with Crippen LogP contribution in [0.3, 0.4) is 0 Å². The van der Waals surface area contributed by atoms with Crippen LogP contribution in [0.2, 0.25) is 1.41 Å². The summed E-state index contributed by atoms with van der Waals surface area (Å²) in [6, 6.07) is -2.54. The molecule has 1 atom stereocenters. The van der Waals surface area contributed by atoms with Crippen LogP contribution in [0.5, 0.6) is 5.75 Å². The van der Waals surface area contributed by atoms with E-state index < -0.39 is 48.1 Å². The van der Waals surface area contributed by atoms with Crippen LogP contribution in [-0.4, -0.2) is 26.7 Å². The van der Waals surface area contributed by atoms with E-state index in [1.165, 1.54) is 7.05 Å². The highest BCUT2D eigenvalue weighted by Crippen LogP contribution is 2.17. The maximum Gasteiger partial charge on any atom is 0.293 e. The van der Waals surface area contributed by atoms with E-state index in [2.05, 4.69) is 10.2 Å². The van der Waals surface area contributed by atoms with E-state index in [1.807, 2.05) is 0 Å². The van der Waals surface area contributed by atoms with Crippen molar-refractivity contribution in [2.24, 2.45) is 0 Å². The van der Waals surface area contributed by atoms with Gasteiger partial charge in [0.25, 0.3) is 1.43 Å². The van der Waals surface area contributed by atoms with Gasteiger partial charge in [-0.15, -0.1) is 0 Å². The summed E-state index contributed by atoms with van der Waals surface area (Å²) in [6.45, 7) is -0.470. The van der Waals surface area contributed by atoms with Gasteiger partial charge in [0.15, 0.2) is 0 Å². The molecule has 0 fully saturated rings. The zero-order valence-corrected chi connectivity index (χ0v) is 6.47. The van der Waals surface area contributed by atoms with Gasteiger partial charge in [-0.2, -0.15) is 0 Å². The molecule has 0 amide bonds. The SMILES string of the molecule is [2H]Oc1c([2H])c([2H])c([2H])c([C@]([2H])(CN([2H])C)O[2H])c1[2H]. The number of phenolic OH excluding ortho intramolecular Hbond substituents is 1. The highest BCUT2D eigenvalue weighted by atomic mass is 16.3. The molecule has 0 radical (unpaired) electrons. The van der Waals surface area contributed by atoms with E-state index in [0.29, 0.717) is 0 Å². The van der Waals surface area contributed by atoms with Crippen LogP contribution in [0, 0.1) is 0 Å². The second-order valence-corrected chi connectivity index (χ2v) is 2.10. The molecule has 1 aromatic carbocycles. The zero-order chi connectivity index (χ0) is 15.7. The minimum Gasteiger partial charge on any atom is -0.508 e. The average Bonchev–Trinajstić information content (AvgIpc) is 2.36. The van der Waals surface area contributed by atoms with E-state index >= 15 is 0 Å². The second-order valence-electron chi connectivity index (χ2n) is 2.10. The Bertz CT molecular complexity index is 511. The Labute approximate surface area is 83.1 Å². The summed E-state index contributed by atoms with van der Waals surface area (Å²) in [5, 5.41) is 9.13. The summed E-state index contributed by atoms with van der Waals surface area (Å²) in [5.41, 5.74) is -0.491. The molecule has 1 aromatic rings. The van der Waals surface area contributed by atoms with Gasteiger partial charge in [-0.1, -0.05) is 12.1 Å². The Morgan fingerprint density at radius 2 is 2.83 bits per heavy atom. The van der Waals surface area contributed by atoms with Gasteiger partial charge >= 0.3 is 0 Å². The fourth-order valence-corrected chi connectivity index (χ4v) is 0.689. The second kappa shape index (κ2) is 4.09. The molecule has 3 N–H and O–H groups in total. The first-order valence-corrected chi connectivity index (χ1v) is 3.28. The van der Waals surface area contributed by atoms with E-state index in [1.54, 1.807) is 0 Å². The standard InChI is InChI=1S/C9H13NO2/c1-10-6-9(12)7-3-2-4-8(11)5-7/h2-5,9-12H,6H2,1H3/t9-/m0/s1/i2D,3D,4D,5D,9D,12D/hD2. The van der Waals surface area contributed by atoms with Crippen LogP contribution in [0.4, 0.5) is 0 Å². The van der Waals surface area contributed by atoms with Crippen LogP contribution < -0.4 is 5.31 Å². The number of benzene rings is 1. The van der Waals surface area contributed by atoms with Crippen molar-refractivity contribution < 1.29 is 18.5 Å². The predicted molar refractivity (Wildman–Crippen MR) is 47.0 cm³/mol. The van der Waals surface area contributed by atoms with Gasteiger partial charge in [-0.05, 0) is 24.7 Å². The van der Waals surface area contributed by atoms with Crippen molar-refractivity contribution in [2.75, 3.05) is 13.6 Å². The molecule has 0 aromatic heterocycles. The Balaban J connectivity index is 3.62. The molecule has 66 valence electrons. The third kappa shape index (κ3) is 2.22. The Morgan fingerprint density at radius 3 is 3.50 bits per heavy atom. The first kappa shape index (κ1) is 3.01. The molecule has 0 aliphatic carbocycles. The third-order valence-electron chi connectivity index (χ3n) is 1.18. The van der Waals surface area contributed by atoms with E-state index in [0.717, 1.165) is 5.31 Å². The van der Waals surface area contributed by atoms with Gasteiger partial charge in [0.2, 0.25) is 1.43 Å². The van der Waals surface area contributed by atoms with Crippen LogP contribution in [0.15, 0.2) is 24.2 Å². The van der Waals surface area contributed by atoms with Gasteiger partial charge in [0, 0.05) is 6.54 Å². The summed E-state index contributed by atoms with van der Waals surface area (Å²) in [6.07, 6.45) is -2.28. The number of phenols is 1. The minimum atomic E-state index is -2.28. The molecule has 0 saturated heterocycles. The average molecular weight is 175 g/mol. The van der Waals surface area contributed by atoms with Gasteiger partial charge in [-0.3, -0.25) is 0 Å². The number of aromatic hydroxyl groups is 1. The van der Waals surface area contributed by atoms with Crippen molar-refractivity contribution in [3.8, 4) is 5.75 Å². The lowest BCUT2D eigenvalue weighted by Crippen LogP contribution is -2.16. The van der Waals surface area contributed by atoms with Crippen LogP contribution in [0.1, 0.15) is 18.5 Å². The van der Waals surface area contributed by atoms with Crippen molar-refractivity contribution in [3.63, 3.8) is 0 Å². The van der Waals surface area contributed by atoms with E-state index in [4.69, 9.17) is 11.1 Å². The molecule has 1 rings (SSSR count). The quantitative estimate of drug-likeness (QED) is 0.615. The van der Waals surface area contributed by atoms with Gasteiger partial charge in [-0.25, -0.2) is 0 Å². The van der Waals surface area contributed by atoms with Gasteiger partial charge in [0.1, 0.15) is 7.16 Å². The van der Waals surface area contributed by atoms with Crippen molar-refractivity contribution >= 4 is 0 Å². The normalized spacial score (nSPS) is 24.8. The molecule has 0 unspecified atom stereocenters. The minimum absolute atomic E-state index is 0.470. The van der Waals surface area contributed by atoms with E-state index in [-0.39, 0.29) is 0 Å². The molecular weight excluding hydrogens is 154 g/mol. The van der Waals surface area contributed by atoms with Crippen molar-refractivity contribution in [3.05, 3.63) is 29.7 Å². The van der Waals surface area contributed by atoms with Crippen LogP contribution in [0.25, 0.3) is 0 Å². The van der Waals surface area contributed by atoms with E-state index in [9.17, 15) is 0 Å². The monoisotopic (exact) mass is 175 g/mol. The Morgan fingerprint density at radius 1 is 1.92 bits per heavy atom. The Kier molecular flexibility index (Phi) is 1.03. The number of aliphatic hydroxyl groups is 1. The molecule has 0 aliphatic heterocycles. The smallest absolute Gasteiger partial charge is 0.293 e. The maximum absolute atomic E-state index is 7.99. The molecule has 12 heavy (non-hydrogen) atoms. The zero-order valence-electron chi connectivity index (χ0n) is 14.5. The molecule has 0 spiro atoms. The summed E-state index contributed by atoms with van der Waals surface area (Å²) < 4.78 is 59.7. The highest BCUT2D eigenvalue weighted by molar-refractivity contribution is 5.28. The predicted octanol–water partition coefficient (Wildman–Crippen LogP) is 0.645. The molecular formula is C9H13NO2. The van der Waals surface area contributed by atoms with Gasteiger partial charge < -0.3 is 15.5 Å². The number of likely N-dealkylation sites (N-methyl/N-ethyl adjacent to an activating group) is 1. The first-order valence-electron chi connectivity index (χ1n) is 7.04. The number of hydrogen-bond acceptors (Lipinski definition) is 3. The van der Waals surface area contributed by atoms with Gasteiger partial charge in [0.05, 0.1) is 12.9 Å². The lowest BCUT2D eigenvalue weighted by atomic mass is 10.1. The molecule has 0 saturated carbocycles. The topological polar surface area (TPSA) is 52.5 Å². The fraction of sp³-hybridized carbons (Fsp3) is 0.333. The molecule has 3 heteroatoms. The Hall–Kier alpha value is -1.06. The summed E-state index contributed by atoms with van der Waals surface area (Å²) in [7, 11) is 1.29. The molecule has 0 heterocycles. The molecule has 3 nitrogen and oxygen atoms in total. The van der Waals surface area contributed by atoms with Crippen molar-refractivity contribution in [2.45, 2.75) is 6.08 Å². The number of rotatable bonds is 5. The third-order valence-corrected chi connectivity index (χ3v) is 1.18. The lowest BCUT2D eigenvalue weighted by Gasteiger charge is -2.09. The van der Waals surface area contributed by atoms with Crippen molar-refractivity contribution in [1.82, 2.24) is 5.31 Å². The fourth-order valence-electron chi connectivity index (χ4n) is 0.689. The summed E-state index contributed by atoms with van der Waals surface area (Å²) in [5.74, 6) is -0.595. The summed E-state index contributed by atoms with van der Waals surface area (Å²) in [4.78, 5) is 0. The maximum atomic E-state index is 7.99. The van der Waals surface area contributed by atoms with Crippen LogP contribution >= 0.6 is 0 Å². The number of hydrogen-bond donors (Lipinski definition) is 3.